The molecule has 1 fully saturated rings. The van der Waals surface area contributed by atoms with Crippen LogP contribution in [0.5, 0.6) is 0 Å². The lowest BCUT2D eigenvalue weighted by molar-refractivity contribution is -0.112. The molecule has 0 bridgehead atoms. The molecule has 0 aliphatic carbocycles. The van der Waals surface area contributed by atoms with Gasteiger partial charge in [-0.3, -0.25) is 9.80 Å². The summed E-state index contributed by atoms with van der Waals surface area (Å²) in [5.74, 6) is 0.158. The molecule has 0 unspecified atom stereocenters. The van der Waals surface area contributed by atoms with E-state index in [1.807, 2.05) is 11.9 Å². The number of rotatable bonds is 3. The van der Waals surface area contributed by atoms with Crippen molar-refractivity contribution in [2.75, 3.05) is 13.1 Å². The number of carbonyl (C=O) groups excluding carboxylic acids is 1. The van der Waals surface area contributed by atoms with Gasteiger partial charge in [0.05, 0.1) is 0 Å². The fourth-order valence-corrected chi connectivity index (χ4v) is 1.50. The van der Waals surface area contributed by atoms with Gasteiger partial charge in [-0.05, 0) is 26.2 Å². The zero-order valence-corrected chi connectivity index (χ0v) is 8.55. The summed E-state index contributed by atoms with van der Waals surface area (Å²) in [6.45, 7) is 5.70. The van der Waals surface area contributed by atoms with Gasteiger partial charge in [0.25, 0.3) is 0 Å². The Kier molecular flexibility index (Phi) is 3.93. The molecule has 0 spiro atoms. The number of piperidine rings is 1. The Balaban J connectivity index is 2.47. The molecular weight excluding hydrogens is 164 g/mol. The van der Waals surface area contributed by atoms with Crippen LogP contribution in [0.1, 0.15) is 39.5 Å². The number of Topliss-reactive ketones (excluding diaryl/α,β-unsaturated/α-hetero) is 1. The number of hydrazone groups is 1. The van der Waals surface area contributed by atoms with Crippen molar-refractivity contribution < 1.29 is 4.79 Å². The van der Waals surface area contributed by atoms with Crippen LogP contribution in [0.4, 0.5) is 0 Å². The highest BCUT2D eigenvalue weighted by molar-refractivity contribution is 6.38. The molecule has 74 valence electrons. The summed E-state index contributed by atoms with van der Waals surface area (Å²) in [5.41, 5.74) is 0.657. The molecule has 0 aromatic rings. The van der Waals surface area contributed by atoms with E-state index in [0.29, 0.717) is 12.1 Å². The van der Waals surface area contributed by atoms with Crippen molar-refractivity contribution >= 4 is 11.5 Å². The molecule has 1 rings (SSSR count). The van der Waals surface area contributed by atoms with Crippen molar-refractivity contribution in [2.24, 2.45) is 5.10 Å². The zero-order chi connectivity index (χ0) is 9.68. The minimum atomic E-state index is 0.158. The van der Waals surface area contributed by atoms with Gasteiger partial charge in [-0.15, -0.1) is 0 Å². The van der Waals surface area contributed by atoms with Crippen LogP contribution >= 0.6 is 0 Å². The highest BCUT2D eigenvalue weighted by atomic mass is 16.1. The largest absolute Gasteiger partial charge is 0.297 e. The van der Waals surface area contributed by atoms with E-state index in [-0.39, 0.29) is 5.78 Å². The zero-order valence-electron chi connectivity index (χ0n) is 8.55. The third-order valence-electron chi connectivity index (χ3n) is 2.35. The molecule has 0 radical (unpaired) electrons. The summed E-state index contributed by atoms with van der Waals surface area (Å²) in [7, 11) is 0. The molecule has 0 aromatic heterocycles. The highest BCUT2D eigenvalue weighted by Crippen LogP contribution is 2.08. The molecule has 13 heavy (non-hydrogen) atoms. The van der Waals surface area contributed by atoms with Gasteiger partial charge in [0, 0.05) is 19.5 Å². The van der Waals surface area contributed by atoms with Crippen LogP contribution in [0.2, 0.25) is 0 Å². The van der Waals surface area contributed by atoms with Crippen molar-refractivity contribution in [1.82, 2.24) is 5.01 Å². The Morgan fingerprint density at radius 1 is 1.31 bits per heavy atom. The van der Waals surface area contributed by atoms with E-state index >= 15 is 0 Å². The maximum Gasteiger partial charge on any atom is 0.178 e. The molecule has 1 heterocycles. The molecule has 3 nitrogen and oxygen atoms in total. The van der Waals surface area contributed by atoms with E-state index in [2.05, 4.69) is 5.10 Å². The lowest BCUT2D eigenvalue weighted by Gasteiger charge is -2.24. The van der Waals surface area contributed by atoms with E-state index in [1.54, 1.807) is 6.92 Å². The molecule has 0 aromatic carbocycles. The first-order valence-electron chi connectivity index (χ1n) is 5.07. The van der Waals surface area contributed by atoms with Gasteiger partial charge in [-0.1, -0.05) is 6.92 Å². The molecule has 1 aliphatic rings. The molecule has 0 saturated carbocycles. The highest BCUT2D eigenvalue weighted by Gasteiger charge is 2.09. The van der Waals surface area contributed by atoms with Crippen LogP contribution in [-0.4, -0.2) is 29.6 Å². The van der Waals surface area contributed by atoms with E-state index in [0.717, 1.165) is 13.1 Å². The van der Waals surface area contributed by atoms with Gasteiger partial charge in [0.2, 0.25) is 0 Å². The summed E-state index contributed by atoms with van der Waals surface area (Å²) >= 11 is 0. The number of ketones is 1. The van der Waals surface area contributed by atoms with Crippen LogP contribution in [0.15, 0.2) is 5.10 Å². The average Bonchev–Trinajstić information content (AvgIpc) is 2.18. The molecule has 3 heteroatoms. The third kappa shape index (κ3) is 3.17. The summed E-state index contributed by atoms with van der Waals surface area (Å²) in [6.07, 6.45) is 4.27. The van der Waals surface area contributed by atoms with E-state index in [1.165, 1.54) is 19.3 Å². The summed E-state index contributed by atoms with van der Waals surface area (Å²) in [5, 5.41) is 6.33. The minimum absolute atomic E-state index is 0.158. The quantitative estimate of drug-likeness (QED) is 0.624. The topological polar surface area (TPSA) is 32.7 Å². The van der Waals surface area contributed by atoms with Crippen LogP contribution in [0, 0.1) is 0 Å². The molecular formula is C10H18N2O. The third-order valence-corrected chi connectivity index (χ3v) is 2.35. The van der Waals surface area contributed by atoms with Crippen molar-refractivity contribution in [1.29, 1.82) is 0 Å². The summed E-state index contributed by atoms with van der Waals surface area (Å²) < 4.78 is 0. The Morgan fingerprint density at radius 3 is 2.46 bits per heavy atom. The first-order valence-corrected chi connectivity index (χ1v) is 5.07. The Bertz CT molecular complexity index is 205. The molecule has 0 amide bonds. The van der Waals surface area contributed by atoms with Gasteiger partial charge >= 0.3 is 0 Å². The van der Waals surface area contributed by atoms with Gasteiger partial charge in [-0.25, -0.2) is 0 Å². The van der Waals surface area contributed by atoms with E-state index < -0.39 is 0 Å². The lowest BCUT2D eigenvalue weighted by Crippen LogP contribution is -2.27. The normalized spacial score (nSPS) is 18.9. The van der Waals surface area contributed by atoms with E-state index in [4.69, 9.17) is 0 Å². The second-order valence-corrected chi connectivity index (χ2v) is 3.48. The summed E-state index contributed by atoms with van der Waals surface area (Å²) in [4.78, 5) is 11.2. The predicted molar refractivity (Wildman–Crippen MR) is 53.8 cm³/mol. The van der Waals surface area contributed by atoms with Gasteiger partial charge < -0.3 is 0 Å². The number of hydrogen-bond acceptors (Lipinski definition) is 3. The molecule has 1 saturated heterocycles. The van der Waals surface area contributed by atoms with Crippen LogP contribution in [-0.2, 0) is 4.79 Å². The van der Waals surface area contributed by atoms with Gasteiger partial charge in [-0.2, -0.15) is 5.10 Å². The number of carbonyl (C=O) groups is 1. The smallest absolute Gasteiger partial charge is 0.178 e. The second-order valence-electron chi connectivity index (χ2n) is 3.48. The monoisotopic (exact) mass is 182 g/mol. The maximum absolute atomic E-state index is 11.2. The minimum Gasteiger partial charge on any atom is -0.297 e. The molecule has 1 aliphatic heterocycles. The maximum atomic E-state index is 11.2. The van der Waals surface area contributed by atoms with Gasteiger partial charge in [0.15, 0.2) is 5.78 Å². The SMILES string of the molecule is CCC(=O)C(C)=NN1CCCCC1. The first kappa shape index (κ1) is 10.2. The predicted octanol–water partition coefficient (Wildman–Crippen LogP) is 1.83. The standard InChI is InChI=1S/C10H18N2O/c1-3-10(13)9(2)11-12-7-5-4-6-8-12/h3-8H2,1-2H3. The average molecular weight is 182 g/mol. The van der Waals surface area contributed by atoms with Crippen LogP contribution in [0.25, 0.3) is 0 Å². The Labute approximate surface area is 79.8 Å². The number of nitrogens with zero attached hydrogens (tertiary/aromatic N) is 2. The fourth-order valence-electron chi connectivity index (χ4n) is 1.50. The van der Waals surface area contributed by atoms with E-state index in [9.17, 15) is 4.79 Å². The van der Waals surface area contributed by atoms with Crippen LogP contribution in [0.3, 0.4) is 0 Å². The van der Waals surface area contributed by atoms with Crippen LogP contribution < -0.4 is 0 Å². The summed E-state index contributed by atoms with van der Waals surface area (Å²) in [6, 6.07) is 0. The van der Waals surface area contributed by atoms with Crippen molar-refractivity contribution in [2.45, 2.75) is 39.5 Å². The number of hydrogen-bond donors (Lipinski definition) is 0. The molecule has 0 N–H and O–H groups in total. The fraction of sp³-hybridized carbons (Fsp3) is 0.800. The Morgan fingerprint density at radius 2 is 1.92 bits per heavy atom. The van der Waals surface area contributed by atoms with Gasteiger partial charge in [0.1, 0.15) is 5.71 Å². The second kappa shape index (κ2) is 5.00. The Hall–Kier alpha value is -0.860. The van der Waals surface area contributed by atoms with Crippen molar-refractivity contribution in [3.05, 3.63) is 0 Å². The van der Waals surface area contributed by atoms with Crippen molar-refractivity contribution in [3.63, 3.8) is 0 Å². The first-order chi connectivity index (χ1) is 6.24. The molecule has 0 atom stereocenters. The van der Waals surface area contributed by atoms with Crippen molar-refractivity contribution in [3.8, 4) is 0 Å². The lowest BCUT2D eigenvalue weighted by atomic mass is 10.2.